The number of hydrogen-bond donors (Lipinski definition) is 0. The summed E-state index contributed by atoms with van der Waals surface area (Å²) in [7, 11) is -3.29. The Kier molecular flexibility index (Phi) is 11.3. The lowest BCUT2D eigenvalue weighted by atomic mass is 10.4. The minimum absolute atomic E-state index is 0.696. The smallest absolute Gasteiger partial charge is 0.197 e. The second kappa shape index (κ2) is 11.1. The van der Waals surface area contributed by atoms with Crippen molar-refractivity contribution in [3.8, 4) is 0 Å². The number of hydrogen-bond acceptors (Lipinski definition) is 2. The van der Waals surface area contributed by atoms with Crippen molar-refractivity contribution in [3.63, 3.8) is 0 Å². The molecule has 0 amide bonds. The van der Waals surface area contributed by atoms with Gasteiger partial charge in [-0.3, -0.25) is 0 Å². The Bertz CT molecular complexity index is 280. The summed E-state index contributed by atoms with van der Waals surface area (Å²) < 4.78 is 12.9. The van der Waals surface area contributed by atoms with Crippen LogP contribution in [-0.2, 0) is 8.85 Å². The highest BCUT2D eigenvalue weighted by atomic mass is 28.4. The molecule has 0 aliphatic heterocycles. The van der Waals surface area contributed by atoms with Crippen LogP contribution in [0, 0.1) is 0 Å². The molecule has 0 spiro atoms. The summed E-state index contributed by atoms with van der Waals surface area (Å²) in [6.07, 6.45) is 2.62. The van der Waals surface area contributed by atoms with E-state index >= 15 is 0 Å². The highest BCUT2D eigenvalue weighted by molar-refractivity contribution is 6.77. The summed E-state index contributed by atoms with van der Waals surface area (Å²) in [5.74, 6) is 0. The van der Waals surface area contributed by atoms with Crippen LogP contribution >= 0.6 is 0 Å². The Morgan fingerprint density at radius 1 is 0.542 bits per heavy atom. The van der Waals surface area contributed by atoms with Crippen molar-refractivity contribution >= 4 is 16.6 Å². The number of rotatable bonds is 13. The summed E-state index contributed by atoms with van der Waals surface area (Å²) in [5, 5.41) is 0. The minimum atomic E-state index is -1.64. The van der Waals surface area contributed by atoms with Crippen molar-refractivity contribution in [2.75, 3.05) is 13.2 Å². The summed E-state index contributed by atoms with van der Waals surface area (Å²) in [5.41, 5.74) is 2.78. The topological polar surface area (TPSA) is 18.5 Å². The fourth-order valence-electron chi connectivity index (χ4n) is 4.64. The lowest BCUT2D eigenvalue weighted by Gasteiger charge is -2.40. The first-order chi connectivity index (χ1) is 11.1. The molecule has 0 N–H and O–H groups in total. The molecule has 0 fully saturated rings. The van der Waals surface area contributed by atoms with E-state index in [0.717, 1.165) is 13.2 Å². The zero-order valence-corrected chi connectivity index (χ0v) is 20.4. The van der Waals surface area contributed by atoms with Crippen LogP contribution < -0.4 is 0 Å². The van der Waals surface area contributed by atoms with Crippen LogP contribution in [0.15, 0.2) is 0 Å². The molecule has 0 aliphatic rings. The highest BCUT2D eigenvalue weighted by Gasteiger charge is 2.43. The van der Waals surface area contributed by atoms with Crippen LogP contribution in [0.2, 0.25) is 34.3 Å². The first-order valence-electron chi connectivity index (χ1n) is 10.4. The maximum Gasteiger partial charge on any atom is 0.197 e. The van der Waals surface area contributed by atoms with Gasteiger partial charge < -0.3 is 8.85 Å². The molecule has 0 aliphatic carbocycles. The molecule has 0 saturated heterocycles. The van der Waals surface area contributed by atoms with Gasteiger partial charge in [-0.1, -0.05) is 68.2 Å². The fraction of sp³-hybridized carbons (Fsp3) is 1.00. The number of unbranched alkanes of at least 4 members (excludes halogenated alkanes) is 1. The molecule has 24 heavy (non-hydrogen) atoms. The van der Waals surface area contributed by atoms with Gasteiger partial charge in [-0.2, -0.15) is 0 Å². The van der Waals surface area contributed by atoms with E-state index < -0.39 is 16.6 Å². The molecule has 2 nitrogen and oxygen atoms in total. The molecular weight excluding hydrogens is 328 g/mol. The quantitative estimate of drug-likeness (QED) is 0.247. The van der Waals surface area contributed by atoms with Crippen molar-refractivity contribution < 1.29 is 8.85 Å². The molecule has 0 aromatic carbocycles. The van der Waals surface area contributed by atoms with Crippen molar-refractivity contribution in [1.29, 1.82) is 0 Å². The van der Waals surface area contributed by atoms with Crippen molar-refractivity contribution in [2.24, 2.45) is 0 Å². The van der Waals surface area contributed by atoms with Gasteiger partial charge in [0.1, 0.15) is 0 Å². The predicted octanol–water partition coefficient (Wildman–Crippen LogP) is 7.37. The first kappa shape index (κ1) is 24.4. The third kappa shape index (κ3) is 5.96. The van der Waals surface area contributed by atoms with Crippen LogP contribution in [0.3, 0.4) is 0 Å². The van der Waals surface area contributed by atoms with Crippen LogP contribution in [0.1, 0.15) is 82.1 Å². The van der Waals surface area contributed by atoms with Crippen LogP contribution in [0.25, 0.3) is 0 Å². The summed E-state index contributed by atoms with van der Waals surface area (Å²) >= 11 is 0. The summed E-state index contributed by atoms with van der Waals surface area (Å²) in [4.78, 5) is 0. The average molecular weight is 375 g/mol. The third-order valence-electron chi connectivity index (χ3n) is 6.12. The molecular formula is C20H46O2Si2. The van der Waals surface area contributed by atoms with Crippen LogP contribution in [0.5, 0.6) is 0 Å². The van der Waals surface area contributed by atoms with E-state index in [1.54, 1.807) is 0 Å². The normalized spacial score (nSPS) is 13.8. The Balaban J connectivity index is 4.92. The molecule has 0 aromatic heterocycles. The van der Waals surface area contributed by atoms with Gasteiger partial charge >= 0.3 is 0 Å². The van der Waals surface area contributed by atoms with E-state index in [9.17, 15) is 0 Å². The van der Waals surface area contributed by atoms with Crippen LogP contribution in [-0.4, -0.2) is 29.8 Å². The Hall–Kier alpha value is 0.354. The molecule has 0 rings (SSSR count). The average Bonchev–Trinajstić information content (AvgIpc) is 2.47. The minimum Gasteiger partial charge on any atom is -0.417 e. The second-order valence-electron chi connectivity index (χ2n) is 8.60. The van der Waals surface area contributed by atoms with E-state index in [0.29, 0.717) is 22.2 Å². The van der Waals surface area contributed by atoms with Gasteiger partial charge in [0.25, 0.3) is 0 Å². The largest absolute Gasteiger partial charge is 0.417 e. The zero-order valence-electron chi connectivity index (χ0n) is 18.4. The van der Waals surface area contributed by atoms with E-state index in [1.807, 2.05) is 0 Å². The lowest BCUT2D eigenvalue weighted by Crippen LogP contribution is -2.46. The van der Waals surface area contributed by atoms with Gasteiger partial charge in [-0.25, -0.2) is 0 Å². The van der Waals surface area contributed by atoms with Gasteiger partial charge in [0.15, 0.2) is 16.6 Å². The van der Waals surface area contributed by atoms with Gasteiger partial charge in [0.05, 0.1) is 0 Å². The molecule has 0 bridgehead atoms. The second-order valence-corrected chi connectivity index (χ2v) is 18.6. The summed E-state index contributed by atoms with van der Waals surface area (Å²) in [6, 6.07) is 2.62. The van der Waals surface area contributed by atoms with Gasteiger partial charge in [0.2, 0.25) is 0 Å². The third-order valence-corrected chi connectivity index (χ3v) is 17.9. The van der Waals surface area contributed by atoms with Gasteiger partial charge in [-0.15, -0.1) is 0 Å². The maximum absolute atomic E-state index is 6.45. The SMILES string of the molecule is CCO[Si](CCCC[Si](OCC)(C(C)C)C(C)C)(C(C)C)C(C)C. The van der Waals surface area contributed by atoms with Crippen molar-refractivity contribution in [3.05, 3.63) is 0 Å². The molecule has 4 heteroatoms. The molecule has 0 saturated carbocycles. The Morgan fingerprint density at radius 2 is 0.792 bits per heavy atom. The Morgan fingerprint density at radius 3 is 0.958 bits per heavy atom. The van der Waals surface area contributed by atoms with Crippen molar-refractivity contribution in [2.45, 2.75) is 116 Å². The standard InChI is InChI=1S/C20H46O2Si2/c1-11-21-23(17(3)4,18(5)6)15-13-14-16-24(19(7)8,20(9)10)22-12-2/h17-20H,11-16H2,1-10H3. The molecule has 0 atom stereocenters. The molecule has 0 unspecified atom stereocenters. The van der Waals surface area contributed by atoms with E-state index in [4.69, 9.17) is 8.85 Å². The van der Waals surface area contributed by atoms with Crippen LogP contribution in [0.4, 0.5) is 0 Å². The molecule has 0 radical (unpaired) electrons. The molecule has 0 heterocycles. The zero-order chi connectivity index (χ0) is 19.0. The molecule has 146 valence electrons. The molecule has 0 aromatic rings. The van der Waals surface area contributed by atoms with Gasteiger partial charge in [0, 0.05) is 13.2 Å². The lowest BCUT2D eigenvalue weighted by molar-refractivity contribution is 0.298. The van der Waals surface area contributed by atoms with Crippen molar-refractivity contribution in [1.82, 2.24) is 0 Å². The maximum atomic E-state index is 6.45. The van der Waals surface area contributed by atoms with E-state index in [2.05, 4.69) is 69.2 Å². The monoisotopic (exact) mass is 374 g/mol. The predicted molar refractivity (Wildman–Crippen MR) is 114 cm³/mol. The fourth-order valence-corrected chi connectivity index (χ4v) is 13.9. The van der Waals surface area contributed by atoms with E-state index in [-0.39, 0.29) is 0 Å². The first-order valence-corrected chi connectivity index (χ1v) is 14.9. The van der Waals surface area contributed by atoms with Gasteiger partial charge in [-0.05, 0) is 48.1 Å². The highest BCUT2D eigenvalue weighted by Crippen LogP contribution is 2.41. The van der Waals surface area contributed by atoms with E-state index in [1.165, 1.54) is 24.9 Å². The summed E-state index contributed by atoms with van der Waals surface area (Å²) in [6.45, 7) is 25.1. The Labute approximate surface area is 155 Å².